The summed E-state index contributed by atoms with van der Waals surface area (Å²) >= 11 is 0. The number of nitrogens with one attached hydrogen (secondary N) is 2. The number of rotatable bonds is 13. The lowest BCUT2D eigenvalue weighted by atomic mass is 9.91. The predicted molar refractivity (Wildman–Crippen MR) is 135 cm³/mol. The number of nitrogens with zero attached hydrogens (tertiary/aromatic N) is 2. The molecule has 0 spiro atoms. The van der Waals surface area contributed by atoms with E-state index in [1.807, 2.05) is 0 Å². The maximum absolute atomic E-state index is 14.2. The molecule has 14 heteroatoms. The monoisotopic (exact) mass is 540 g/mol. The normalized spacial score (nSPS) is 16.8. The first-order valence-corrected chi connectivity index (χ1v) is 11.8. The number of alkyl halides is 3. The number of pyridine rings is 1. The molecule has 2 amide bonds. The van der Waals surface area contributed by atoms with Crippen molar-refractivity contribution in [2.24, 2.45) is 23.0 Å². The molecule has 210 valence electrons. The summed E-state index contributed by atoms with van der Waals surface area (Å²) in [5.41, 5.74) is 18.3. The molecule has 1 aliphatic carbocycles. The van der Waals surface area contributed by atoms with Crippen molar-refractivity contribution in [3.05, 3.63) is 59.1 Å². The van der Waals surface area contributed by atoms with Gasteiger partial charge in [0, 0.05) is 49.6 Å². The van der Waals surface area contributed by atoms with E-state index in [9.17, 15) is 22.8 Å². The van der Waals surface area contributed by atoms with E-state index in [0.717, 1.165) is 11.2 Å². The fraction of sp³-hybridized carbons (Fsp3) is 0.458. The standard InChI is InChI=1S/C24H35F3N8O3/c1-14-7-18(38-19-10-24(26,27)11-19)8-17(33-14)9-22(36)34-21(30)6-5-16(28)4-3-15(25)12-35(31)13-20(29)23(37)32-2/h5-8,13,15,19H,3-4,9-12,28-31H2,1-2H3,(H,32,37)(H,34,36)/b16-5-,20-13-,21-6+. The number of carbonyl (C=O) groups is 2. The minimum absolute atomic E-state index is 0.0125. The molecule has 0 saturated heterocycles. The highest BCUT2D eigenvalue weighted by Gasteiger charge is 2.47. The second kappa shape index (κ2) is 13.6. The molecule has 1 aromatic rings. The van der Waals surface area contributed by atoms with Crippen molar-refractivity contribution in [3.8, 4) is 5.75 Å². The Morgan fingerprint density at radius 3 is 2.58 bits per heavy atom. The lowest BCUT2D eigenvalue weighted by Crippen LogP contribution is -2.43. The van der Waals surface area contributed by atoms with Crippen LogP contribution in [0.3, 0.4) is 0 Å². The zero-order chi connectivity index (χ0) is 28.5. The summed E-state index contributed by atoms with van der Waals surface area (Å²) in [6.45, 7) is 1.50. The Kier molecular flexibility index (Phi) is 10.8. The van der Waals surface area contributed by atoms with Crippen molar-refractivity contribution in [1.29, 1.82) is 0 Å². The molecule has 1 aromatic heterocycles. The molecule has 2 rings (SSSR count). The van der Waals surface area contributed by atoms with Gasteiger partial charge in [-0.05, 0) is 31.9 Å². The second-order valence-corrected chi connectivity index (χ2v) is 9.02. The molecule has 1 unspecified atom stereocenters. The molecule has 0 radical (unpaired) electrons. The summed E-state index contributed by atoms with van der Waals surface area (Å²) in [6, 6.07) is 3.14. The maximum Gasteiger partial charge on any atom is 0.268 e. The Bertz CT molecular complexity index is 1090. The summed E-state index contributed by atoms with van der Waals surface area (Å²) in [5.74, 6) is 2.33. The largest absolute Gasteiger partial charge is 0.490 e. The number of aromatic nitrogens is 1. The van der Waals surface area contributed by atoms with Gasteiger partial charge < -0.3 is 37.6 Å². The molecule has 0 aromatic carbocycles. The molecule has 38 heavy (non-hydrogen) atoms. The summed E-state index contributed by atoms with van der Waals surface area (Å²) in [6.07, 6.45) is 1.45. The summed E-state index contributed by atoms with van der Waals surface area (Å²) < 4.78 is 45.8. The Balaban J connectivity index is 1.80. The van der Waals surface area contributed by atoms with E-state index in [1.54, 1.807) is 13.0 Å². The predicted octanol–water partition coefficient (Wildman–Crippen LogP) is 0.708. The van der Waals surface area contributed by atoms with Gasteiger partial charge in [0.1, 0.15) is 29.5 Å². The lowest BCUT2D eigenvalue weighted by molar-refractivity contribution is -0.134. The van der Waals surface area contributed by atoms with Crippen LogP contribution in [0.15, 0.2) is 47.7 Å². The Hall–Kier alpha value is -3.94. The highest BCUT2D eigenvalue weighted by molar-refractivity contribution is 5.91. The Morgan fingerprint density at radius 1 is 1.26 bits per heavy atom. The number of hydrogen-bond acceptors (Lipinski definition) is 9. The molecule has 0 aliphatic heterocycles. The molecule has 1 atom stereocenters. The van der Waals surface area contributed by atoms with Gasteiger partial charge in [-0.3, -0.25) is 14.6 Å². The Labute approximate surface area is 219 Å². The molecule has 10 N–H and O–H groups in total. The van der Waals surface area contributed by atoms with Gasteiger partial charge in [-0.15, -0.1) is 0 Å². The molecular weight excluding hydrogens is 505 g/mol. The van der Waals surface area contributed by atoms with Gasteiger partial charge in [0.2, 0.25) is 5.91 Å². The zero-order valence-electron chi connectivity index (χ0n) is 21.3. The zero-order valence-corrected chi connectivity index (χ0v) is 21.3. The average Bonchev–Trinajstić information content (AvgIpc) is 2.78. The van der Waals surface area contributed by atoms with Crippen LogP contribution in [-0.4, -0.2) is 53.6 Å². The number of aryl methyl sites for hydroxylation is 1. The first kappa shape index (κ1) is 30.3. The SMILES string of the molecule is CNC(=O)/C(N)=C/N(N)CC(F)CC/C(N)=C/C=C(\N)NC(=O)Cc1cc(OC2CC(F)(F)C2)cc(C)n1. The highest BCUT2D eigenvalue weighted by Crippen LogP contribution is 2.39. The van der Waals surface area contributed by atoms with E-state index in [2.05, 4.69) is 15.6 Å². The number of halogens is 3. The van der Waals surface area contributed by atoms with Crippen molar-refractivity contribution in [2.75, 3.05) is 13.6 Å². The van der Waals surface area contributed by atoms with Gasteiger partial charge in [-0.2, -0.15) is 0 Å². The number of ether oxygens (including phenoxy) is 1. The fourth-order valence-corrected chi connectivity index (χ4v) is 3.51. The third-order valence-corrected chi connectivity index (χ3v) is 5.39. The van der Waals surface area contributed by atoms with Gasteiger partial charge in [0.05, 0.1) is 18.7 Å². The minimum Gasteiger partial charge on any atom is -0.490 e. The molecule has 1 aliphatic rings. The number of hydrazine groups is 1. The third-order valence-electron chi connectivity index (χ3n) is 5.39. The first-order chi connectivity index (χ1) is 17.8. The summed E-state index contributed by atoms with van der Waals surface area (Å²) in [5, 5.41) is 5.79. The molecule has 1 saturated carbocycles. The minimum atomic E-state index is -2.70. The van der Waals surface area contributed by atoms with Crippen molar-refractivity contribution in [1.82, 2.24) is 20.6 Å². The lowest BCUT2D eigenvalue weighted by Gasteiger charge is -2.34. The van der Waals surface area contributed by atoms with E-state index in [4.69, 9.17) is 27.8 Å². The van der Waals surface area contributed by atoms with Crippen LogP contribution in [-0.2, 0) is 16.0 Å². The molecule has 1 fully saturated rings. The first-order valence-electron chi connectivity index (χ1n) is 11.8. The number of likely N-dealkylation sites (N-methyl/N-ethyl adjacent to an activating group) is 1. The van der Waals surface area contributed by atoms with E-state index in [0.29, 0.717) is 22.8 Å². The van der Waals surface area contributed by atoms with Crippen LogP contribution < -0.4 is 38.4 Å². The summed E-state index contributed by atoms with van der Waals surface area (Å²) in [7, 11) is 1.40. The van der Waals surface area contributed by atoms with E-state index >= 15 is 0 Å². The van der Waals surface area contributed by atoms with Gasteiger partial charge in [-0.25, -0.2) is 19.0 Å². The van der Waals surface area contributed by atoms with E-state index < -0.39 is 30.0 Å². The van der Waals surface area contributed by atoms with Crippen molar-refractivity contribution < 1.29 is 27.5 Å². The van der Waals surface area contributed by atoms with E-state index in [1.165, 1.54) is 25.3 Å². The van der Waals surface area contributed by atoms with Crippen LogP contribution in [0.5, 0.6) is 5.75 Å². The van der Waals surface area contributed by atoms with Gasteiger partial charge >= 0.3 is 0 Å². The molecule has 0 bridgehead atoms. The quantitative estimate of drug-likeness (QED) is 0.0906. The fourth-order valence-electron chi connectivity index (χ4n) is 3.51. The number of carbonyl (C=O) groups excluding carboxylic acids is 2. The van der Waals surface area contributed by atoms with Crippen molar-refractivity contribution in [2.45, 2.75) is 57.2 Å². The molecular formula is C24H35F3N8O3. The van der Waals surface area contributed by atoms with Crippen LogP contribution in [0.25, 0.3) is 0 Å². The van der Waals surface area contributed by atoms with Gasteiger partial charge in [-0.1, -0.05) is 0 Å². The van der Waals surface area contributed by atoms with E-state index in [-0.39, 0.29) is 50.2 Å². The summed E-state index contributed by atoms with van der Waals surface area (Å²) in [4.78, 5) is 28.0. The second-order valence-electron chi connectivity index (χ2n) is 9.02. The molecule has 11 nitrogen and oxygen atoms in total. The van der Waals surface area contributed by atoms with Crippen LogP contribution in [0.1, 0.15) is 37.1 Å². The maximum atomic E-state index is 14.2. The van der Waals surface area contributed by atoms with Gasteiger partial charge in [0.15, 0.2) is 0 Å². The topological polar surface area (TPSA) is 188 Å². The van der Waals surface area contributed by atoms with Crippen molar-refractivity contribution in [3.63, 3.8) is 0 Å². The van der Waals surface area contributed by atoms with Crippen molar-refractivity contribution >= 4 is 11.8 Å². The average molecular weight is 541 g/mol. The van der Waals surface area contributed by atoms with Gasteiger partial charge in [0.25, 0.3) is 11.8 Å². The van der Waals surface area contributed by atoms with Crippen LogP contribution in [0.4, 0.5) is 13.2 Å². The van der Waals surface area contributed by atoms with Crippen LogP contribution in [0, 0.1) is 6.92 Å². The smallest absolute Gasteiger partial charge is 0.268 e. The number of nitrogens with two attached hydrogens (primary N) is 4. The number of amides is 2. The highest BCUT2D eigenvalue weighted by atomic mass is 19.3. The number of hydrogen-bond donors (Lipinski definition) is 6. The third kappa shape index (κ3) is 10.6. The number of allylic oxidation sites excluding steroid dienone is 3. The Morgan fingerprint density at radius 2 is 1.95 bits per heavy atom. The molecule has 1 heterocycles. The van der Waals surface area contributed by atoms with Crippen LogP contribution in [0.2, 0.25) is 0 Å². The van der Waals surface area contributed by atoms with Crippen LogP contribution >= 0.6 is 0 Å².